The molecule has 128 valence electrons. The molecule has 3 heterocycles. The second kappa shape index (κ2) is 7.62. The van der Waals surface area contributed by atoms with Gasteiger partial charge in [-0.15, -0.1) is 0 Å². The van der Waals surface area contributed by atoms with Gasteiger partial charge >= 0.3 is 0 Å². The Bertz CT molecular complexity index is 716. The maximum atomic E-state index is 9.80. The first-order valence-electron chi connectivity index (χ1n) is 8.13. The number of aliphatic hydroxyl groups is 1. The Morgan fingerprint density at radius 2 is 2.29 bits per heavy atom. The van der Waals surface area contributed by atoms with E-state index in [1.54, 1.807) is 19.4 Å². The van der Waals surface area contributed by atoms with Crippen LogP contribution in [0.3, 0.4) is 0 Å². The summed E-state index contributed by atoms with van der Waals surface area (Å²) in [6.45, 7) is 2.89. The second-order valence-corrected chi connectivity index (χ2v) is 6.16. The maximum Gasteiger partial charge on any atom is 0.204 e. The lowest BCUT2D eigenvalue weighted by molar-refractivity contribution is 0.0327. The Hall–Kier alpha value is -2.14. The van der Waals surface area contributed by atoms with Crippen molar-refractivity contribution >= 4 is 16.8 Å². The number of nitrogens with zero attached hydrogens (tertiary/aromatic N) is 3. The van der Waals surface area contributed by atoms with Crippen LogP contribution in [-0.4, -0.2) is 60.5 Å². The van der Waals surface area contributed by atoms with Gasteiger partial charge in [-0.05, 0) is 18.9 Å². The minimum atomic E-state index is -0.431. The van der Waals surface area contributed by atoms with Crippen LogP contribution >= 0.6 is 0 Å². The van der Waals surface area contributed by atoms with Crippen LogP contribution in [0.2, 0.25) is 0 Å². The number of nitrogens with one attached hydrogen (secondary N) is 1. The first-order valence-corrected chi connectivity index (χ1v) is 8.13. The summed E-state index contributed by atoms with van der Waals surface area (Å²) in [7, 11) is 1.60. The maximum absolute atomic E-state index is 9.80. The fourth-order valence-corrected chi connectivity index (χ4v) is 3.09. The smallest absolute Gasteiger partial charge is 0.204 e. The van der Waals surface area contributed by atoms with Crippen LogP contribution < -0.4 is 5.32 Å². The molecule has 2 aromatic heterocycles. The molecule has 24 heavy (non-hydrogen) atoms. The molecule has 2 N–H and O–H groups in total. The zero-order chi connectivity index (χ0) is 16.9. The summed E-state index contributed by atoms with van der Waals surface area (Å²) < 4.78 is 10.3. The normalized spacial score (nSPS) is 17.7. The molecule has 2 aromatic rings. The van der Waals surface area contributed by atoms with E-state index < -0.39 is 6.10 Å². The third-order valence-electron chi connectivity index (χ3n) is 4.28. The van der Waals surface area contributed by atoms with Crippen LogP contribution in [0.1, 0.15) is 18.6 Å². The Kier molecular flexibility index (Phi) is 5.30. The van der Waals surface area contributed by atoms with Gasteiger partial charge in [0.1, 0.15) is 11.9 Å². The number of aliphatic hydroxyl groups excluding tert-OH is 1. The number of furan rings is 1. The fourth-order valence-electron chi connectivity index (χ4n) is 3.09. The number of hydrogen-bond donors (Lipinski definition) is 2. The lowest BCUT2D eigenvalue weighted by atomic mass is 10.0. The molecule has 0 radical (unpaired) electrons. The number of nitriles is 1. The number of pyridine rings is 1. The van der Waals surface area contributed by atoms with Gasteiger partial charge in [-0.3, -0.25) is 0 Å². The quantitative estimate of drug-likeness (QED) is 0.830. The first-order chi connectivity index (χ1) is 11.7. The van der Waals surface area contributed by atoms with Crippen LogP contribution in [0.25, 0.3) is 11.0 Å². The largest absolute Gasteiger partial charge is 0.444 e. The molecular formula is C17H22N4O3. The van der Waals surface area contributed by atoms with E-state index >= 15 is 0 Å². The highest BCUT2D eigenvalue weighted by molar-refractivity contribution is 5.80. The molecule has 1 fully saturated rings. The van der Waals surface area contributed by atoms with Gasteiger partial charge in [0.15, 0.2) is 5.58 Å². The van der Waals surface area contributed by atoms with Crippen molar-refractivity contribution in [2.24, 2.45) is 0 Å². The summed E-state index contributed by atoms with van der Waals surface area (Å²) in [5, 5.41) is 23.0. The minimum absolute atomic E-state index is 0.298. The van der Waals surface area contributed by atoms with Crippen LogP contribution in [0.5, 0.6) is 0 Å². The molecule has 3 rings (SSSR count). The SMILES string of the molecule is COCC(O)CN1CCC(Nc2cc3cc(C#N)oc3cn2)CC1. The lowest BCUT2D eigenvalue weighted by Gasteiger charge is -2.33. The van der Waals surface area contributed by atoms with Crippen LogP contribution in [0, 0.1) is 11.3 Å². The van der Waals surface area contributed by atoms with Crippen molar-refractivity contribution in [1.82, 2.24) is 9.88 Å². The van der Waals surface area contributed by atoms with Crippen molar-refractivity contribution < 1.29 is 14.3 Å². The Morgan fingerprint density at radius 1 is 1.50 bits per heavy atom. The number of fused-ring (bicyclic) bond motifs is 1. The number of likely N-dealkylation sites (tertiary alicyclic amines) is 1. The Labute approximate surface area is 140 Å². The van der Waals surface area contributed by atoms with E-state index in [0.717, 1.165) is 37.1 Å². The van der Waals surface area contributed by atoms with Gasteiger partial charge in [-0.25, -0.2) is 4.98 Å². The summed E-state index contributed by atoms with van der Waals surface area (Å²) in [6.07, 6.45) is 3.20. The van der Waals surface area contributed by atoms with Gasteiger partial charge in [-0.1, -0.05) is 0 Å². The molecule has 1 aliphatic rings. The predicted molar refractivity (Wildman–Crippen MR) is 89.7 cm³/mol. The van der Waals surface area contributed by atoms with Crippen molar-refractivity contribution in [2.75, 3.05) is 38.7 Å². The van der Waals surface area contributed by atoms with E-state index in [4.69, 9.17) is 14.4 Å². The van der Waals surface area contributed by atoms with E-state index in [0.29, 0.717) is 30.5 Å². The molecule has 7 nitrogen and oxygen atoms in total. The zero-order valence-electron chi connectivity index (χ0n) is 13.7. The van der Waals surface area contributed by atoms with Crippen LogP contribution in [-0.2, 0) is 4.74 Å². The number of aromatic nitrogens is 1. The van der Waals surface area contributed by atoms with Gasteiger partial charge in [0.25, 0.3) is 0 Å². The van der Waals surface area contributed by atoms with Gasteiger partial charge in [0.05, 0.1) is 18.9 Å². The Morgan fingerprint density at radius 3 is 3.00 bits per heavy atom. The highest BCUT2D eigenvalue weighted by Gasteiger charge is 2.21. The van der Waals surface area contributed by atoms with Gasteiger partial charge in [-0.2, -0.15) is 5.26 Å². The number of methoxy groups -OCH3 is 1. The monoisotopic (exact) mass is 330 g/mol. The summed E-state index contributed by atoms with van der Waals surface area (Å²) in [5.74, 6) is 1.09. The fraction of sp³-hybridized carbons (Fsp3) is 0.529. The number of rotatable bonds is 6. The highest BCUT2D eigenvalue weighted by Crippen LogP contribution is 2.22. The molecule has 1 saturated heterocycles. The van der Waals surface area contributed by atoms with Gasteiger partial charge in [0, 0.05) is 44.2 Å². The van der Waals surface area contributed by atoms with E-state index in [9.17, 15) is 5.11 Å². The third kappa shape index (κ3) is 4.03. The van der Waals surface area contributed by atoms with E-state index in [1.807, 2.05) is 12.1 Å². The van der Waals surface area contributed by atoms with Crippen LogP contribution in [0.4, 0.5) is 5.82 Å². The molecule has 7 heteroatoms. The second-order valence-electron chi connectivity index (χ2n) is 6.16. The minimum Gasteiger partial charge on any atom is -0.444 e. The molecule has 0 aliphatic carbocycles. The molecular weight excluding hydrogens is 308 g/mol. The molecule has 1 aliphatic heterocycles. The number of piperidine rings is 1. The standard InChI is InChI=1S/C17H22N4O3/c1-23-11-14(22)10-21-4-2-13(3-5-21)20-17-7-12-6-15(8-18)24-16(12)9-19-17/h6-7,9,13-14,22H,2-5,10-11H2,1H3,(H,19,20). The van der Waals surface area contributed by atoms with Crippen molar-refractivity contribution in [2.45, 2.75) is 25.0 Å². The summed E-state index contributed by atoms with van der Waals surface area (Å²) in [5.41, 5.74) is 0.624. The molecule has 0 saturated carbocycles. The van der Waals surface area contributed by atoms with Crippen molar-refractivity contribution in [1.29, 1.82) is 5.26 Å². The molecule has 0 spiro atoms. The number of ether oxygens (including phenoxy) is 1. The van der Waals surface area contributed by atoms with Crippen molar-refractivity contribution in [3.63, 3.8) is 0 Å². The van der Waals surface area contributed by atoms with E-state index in [-0.39, 0.29) is 0 Å². The summed E-state index contributed by atoms with van der Waals surface area (Å²) in [4.78, 5) is 6.61. The number of anilines is 1. The highest BCUT2D eigenvalue weighted by atomic mass is 16.5. The van der Waals surface area contributed by atoms with Gasteiger partial charge < -0.3 is 24.5 Å². The van der Waals surface area contributed by atoms with E-state index in [1.165, 1.54) is 0 Å². The van der Waals surface area contributed by atoms with Gasteiger partial charge in [0.2, 0.25) is 5.76 Å². The summed E-state index contributed by atoms with van der Waals surface area (Å²) >= 11 is 0. The first kappa shape index (κ1) is 16.7. The number of β-amino-alcohol motifs (C(OH)–C–C–N with tert-alkyl or cyclic N) is 1. The van der Waals surface area contributed by atoms with Crippen molar-refractivity contribution in [3.8, 4) is 6.07 Å². The molecule has 0 amide bonds. The molecule has 0 aromatic carbocycles. The molecule has 1 atom stereocenters. The Balaban J connectivity index is 1.53. The van der Waals surface area contributed by atoms with Crippen LogP contribution in [0.15, 0.2) is 22.7 Å². The predicted octanol–water partition coefficient (Wildman–Crippen LogP) is 1.58. The average molecular weight is 330 g/mol. The topological polar surface area (TPSA) is 94.6 Å². The molecule has 0 bridgehead atoms. The average Bonchev–Trinajstić information content (AvgIpc) is 2.99. The lowest BCUT2D eigenvalue weighted by Crippen LogP contribution is -2.43. The zero-order valence-corrected chi connectivity index (χ0v) is 13.7. The molecule has 1 unspecified atom stereocenters. The summed E-state index contributed by atoms with van der Waals surface area (Å²) in [6, 6.07) is 5.99. The van der Waals surface area contributed by atoms with Crippen molar-refractivity contribution in [3.05, 3.63) is 24.1 Å². The third-order valence-corrected chi connectivity index (χ3v) is 4.28. The number of hydrogen-bond acceptors (Lipinski definition) is 7. The van der Waals surface area contributed by atoms with E-state index in [2.05, 4.69) is 15.2 Å².